The van der Waals surface area contributed by atoms with E-state index in [0.717, 1.165) is 11.3 Å². The number of benzene rings is 1. The van der Waals surface area contributed by atoms with Gasteiger partial charge in [0.2, 0.25) is 0 Å². The number of hydrogen-bond donors (Lipinski definition) is 3. The summed E-state index contributed by atoms with van der Waals surface area (Å²) in [5, 5.41) is 21.3. The molecule has 4 heteroatoms. The summed E-state index contributed by atoms with van der Waals surface area (Å²) in [6, 6.07) is 5.50. The fraction of sp³-hybridized carbons (Fsp3) is 0.533. The molecule has 1 rings (SSSR count). The van der Waals surface area contributed by atoms with Crippen LogP contribution in [0.25, 0.3) is 0 Å². The minimum atomic E-state index is -0.791. The van der Waals surface area contributed by atoms with Crippen molar-refractivity contribution >= 4 is 11.5 Å². The summed E-state index contributed by atoms with van der Waals surface area (Å²) < 4.78 is 0. The summed E-state index contributed by atoms with van der Waals surface area (Å²) in [6.45, 7) is 7.76. The second-order valence-electron chi connectivity index (χ2n) is 5.78. The van der Waals surface area contributed by atoms with Crippen molar-refractivity contribution in [3.63, 3.8) is 0 Å². The summed E-state index contributed by atoms with van der Waals surface area (Å²) in [7, 11) is 0. The summed E-state index contributed by atoms with van der Waals surface area (Å²) in [5.41, 5.74) is 2.46. The molecule has 1 atom stereocenters. The predicted molar refractivity (Wildman–Crippen MR) is 76.7 cm³/mol. The van der Waals surface area contributed by atoms with Gasteiger partial charge in [-0.1, -0.05) is 20.8 Å². The first-order valence-electron chi connectivity index (χ1n) is 6.44. The number of carbonyl (C=O) groups excluding carboxylic acids is 1. The van der Waals surface area contributed by atoms with Crippen molar-refractivity contribution in [1.82, 2.24) is 0 Å². The number of carbonyl (C=O) groups is 1. The Morgan fingerprint density at radius 3 is 2.47 bits per heavy atom. The zero-order chi connectivity index (χ0) is 14.6. The third kappa shape index (κ3) is 4.33. The Morgan fingerprint density at radius 2 is 2.00 bits per heavy atom. The maximum atomic E-state index is 11.5. The van der Waals surface area contributed by atoms with Crippen LogP contribution in [0, 0.1) is 0 Å². The SMILES string of the molecule is CC(=O)c1ccc(NCC(O)CO)c(C(C)(C)C)c1. The lowest BCUT2D eigenvalue weighted by molar-refractivity contribution is 0.101. The molecule has 0 amide bonds. The first-order chi connectivity index (χ1) is 8.75. The molecule has 0 spiro atoms. The van der Waals surface area contributed by atoms with E-state index in [1.54, 1.807) is 13.0 Å². The van der Waals surface area contributed by atoms with Gasteiger partial charge in [0.25, 0.3) is 0 Å². The minimum absolute atomic E-state index is 0.0347. The van der Waals surface area contributed by atoms with E-state index >= 15 is 0 Å². The third-order valence-corrected chi connectivity index (χ3v) is 2.97. The molecule has 0 saturated heterocycles. The van der Waals surface area contributed by atoms with Crippen LogP contribution in [0.15, 0.2) is 18.2 Å². The van der Waals surface area contributed by atoms with Crippen LogP contribution in [0.1, 0.15) is 43.6 Å². The van der Waals surface area contributed by atoms with Crippen LogP contribution in [0.2, 0.25) is 0 Å². The predicted octanol–water partition coefficient (Wildman–Crippen LogP) is 1.95. The summed E-state index contributed by atoms with van der Waals surface area (Å²) in [5.74, 6) is 0.0347. The largest absolute Gasteiger partial charge is 0.394 e. The van der Waals surface area contributed by atoms with Crippen LogP contribution >= 0.6 is 0 Å². The molecule has 0 saturated carbocycles. The highest BCUT2D eigenvalue weighted by Crippen LogP contribution is 2.30. The number of anilines is 1. The number of rotatable bonds is 5. The van der Waals surface area contributed by atoms with Crippen molar-refractivity contribution in [2.24, 2.45) is 0 Å². The van der Waals surface area contributed by atoms with Gasteiger partial charge in [-0.25, -0.2) is 0 Å². The first-order valence-corrected chi connectivity index (χ1v) is 6.44. The highest BCUT2D eigenvalue weighted by Gasteiger charge is 2.19. The Morgan fingerprint density at radius 1 is 1.37 bits per heavy atom. The number of ketones is 1. The molecule has 0 aliphatic heterocycles. The van der Waals surface area contributed by atoms with Gasteiger partial charge in [-0.3, -0.25) is 4.79 Å². The number of nitrogens with one attached hydrogen (secondary N) is 1. The number of aliphatic hydroxyl groups is 2. The van der Waals surface area contributed by atoms with Crippen LogP contribution in [-0.2, 0) is 5.41 Å². The third-order valence-electron chi connectivity index (χ3n) is 2.97. The molecule has 0 aromatic heterocycles. The molecule has 0 radical (unpaired) electrons. The van der Waals surface area contributed by atoms with Crippen molar-refractivity contribution < 1.29 is 15.0 Å². The Balaban J connectivity index is 3.06. The maximum Gasteiger partial charge on any atom is 0.159 e. The average molecular weight is 265 g/mol. The van der Waals surface area contributed by atoms with E-state index in [1.165, 1.54) is 0 Å². The van der Waals surface area contributed by atoms with Crippen molar-refractivity contribution in [2.75, 3.05) is 18.5 Å². The molecular formula is C15H23NO3. The Bertz CT molecular complexity index is 449. The Labute approximate surface area is 114 Å². The van der Waals surface area contributed by atoms with Crippen molar-refractivity contribution in [3.05, 3.63) is 29.3 Å². The monoisotopic (exact) mass is 265 g/mol. The second kappa shape index (κ2) is 6.17. The second-order valence-corrected chi connectivity index (χ2v) is 5.78. The van der Waals surface area contributed by atoms with Crippen LogP contribution < -0.4 is 5.32 Å². The molecule has 0 aliphatic carbocycles. The van der Waals surface area contributed by atoms with E-state index in [4.69, 9.17) is 5.11 Å². The van der Waals surface area contributed by atoms with Gasteiger partial charge >= 0.3 is 0 Å². The normalized spacial score (nSPS) is 13.2. The lowest BCUT2D eigenvalue weighted by Gasteiger charge is -2.24. The minimum Gasteiger partial charge on any atom is -0.394 e. The summed E-state index contributed by atoms with van der Waals surface area (Å²) in [6.07, 6.45) is -0.791. The van der Waals surface area contributed by atoms with Gasteiger partial charge in [-0.05, 0) is 36.1 Å². The van der Waals surface area contributed by atoms with Gasteiger partial charge in [-0.2, -0.15) is 0 Å². The topological polar surface area (TPSA) is 69.6 Å². The number of aliphatic hydroxyl groups excluding tert-OH is 2. The Hall–Kier alpha value is -1.39. The molecule has 1 aromatic rings. The summed E-state index contributed by atoms with van der Waals surface area (Å²) >= 11 is 0. The van der Waals surface area contributed by atoms with Crippen LogP contribution in [0.4, 0.5) is 5.69 Å². The zero-order valence-corrected chi connectivity index (χ0v) is 12.0. The molecule has 0 aliphatic rings. The van der Waals surface area contributed by atoms with E-state index in [-0.39, 0.29) is 24.3 Å². The molecule has 106 valence electrons. The van der Waals surface area contributed by atoms with E-state index in [0.29, 0.717) is 5.56 Å². The summed E-state index contributed by atoms with van der Waals surface area (Å²) in [4.78, 5) is 11.5. The van der Waals surface area contributed by atoms with Crippen molar-refractivity contribution in [3.8, 4) is 0 Å². The van der Waals surface area contributed by atoms with Crippen molar-refractivity contribution in [1.29, 1.82) is 0 Å². The quantitative estimate of drug-likeness (QED) is 0.712. The van der Waals surface area contributed by atoms with E-state index < -0.39 is 6.10 Å². The molecule has 0 heterocycles. The van der Waals surface area contributed by atoms with Gasteiger partial charge in [0.1, 0.15) is 0 Å². The fourth-order valence-corrected chi connectivity index (χ4v) is 1.83. The van der Waals surface area contributed by atoms with Gasteiger partial charge in [0.15, 0.2) is 5.78 Å². The van der Waals surface area contributed by atoms with Crippen molar-refractivity contribution in [2.45, 2.75) is 39.2 Å². The lowest BCUT2D eigenvalue weighted by atomic mass is 9.84. The van der Waals surface area contributed by atoms with Gasteiger partial charge in [-0.15, -0.1) is 0 Å². The highest BCUT2D eigenvalue weighted by molar-refractivity contribution is 5.94. The molecule has 0 bridgehead atoms. The van der Waals surface area contributed by atoms with Gasteiger partial charge in [0.05, 0.1) is 12.7 Å². The van der Waals surface area contributed by atoms with E-state index in [9.17, 15) is 9.90 Å². The number of hydrogen-bond acceptors (Lipinski definition) is 4. The first kappa shape index (κ1) is 15.7. The van der Waals surface area contributed by atoms with Gasteiger partial charge < -0.3 is 15.5 Å². The smallest absolute Gasteiger partial charge is 0.159 e. The van der Waals surface area contributed by atoms with Crippen LogP contribution in [0.3, 0.4) is 0 Å². The number of Topliss-reactive ketones (excluding diaryl/α,β-unsaturated/α-hetero) is 1. The standard InChI is InChI=1S/C15H23NO3/c1-10(18)11-5-6-14(16-8-12(19)9-17)13(7-11)15(2,3)4/h5-7,12,16-17,19H,8-9H2,1-4H3. The molecular weight excluding hydrogens is 242 g/mol. The highest BCUT2D eigenvalue weighted by atomic mass is 16.3. The zero-order valence-electron chi connectivity index (χ0n) is 12.0. The van der Waals surface area contributed by atoms with E-state index in [1.807, 2.05) is 12.1 Å². The molecule has 1 unspecified atom stereocenters. The molecule has 3 N–H and O–H groups in total. The van der Waals surface area contributed by atoms with Crippen LogP contribution in [-0.4, -0.2) is 35.3 Å². The van der Waals surface area contributed by atoms with Gasteiger partial charge in [0, 0.05) is 17.8 Å². The molecule has 19 heavy (non-hydrogen) atoms. The van der Waals surface area contributed by atoms with E-state index in [2.05, 4.69) is 26.1 Å². The lowest BCUT2D eigenvalue weighted by Crippen LogP contribution is -2.25. The fourth-order valence-electron chi connectivity index (χ4n) is 1.83. The Kier molecular flexibility index (Phi) is 5.09. The van der Waals surface area contributed by atoms with Crippen LogP contribution in [0.5, 0.6) is 0 Å². The maximum absolute atomic E-state index is 11.5. The molecule has 1 aromatic carbocycles. The molecule has 0 fully saturated rings. The average Bonchev–Trinajstić information content (AvgIpc) is 2.34. The molecule has 4 nitrogen and oxygen atoms in total.